The molecule has 1 nitrogen and oxygen atoms in total. The Morgan fingerprint density at radius 3 is 2.65 bits per heavy atom. The average molecular weight is 311 g/mol. The zero-order valence-corrected chi connectivity index (χ0v) is 11.7. The van der Waals surface area contributed by atoms with Crippen LogP contribution in [0.1, 0.15) is 22.9 Å². The second kappa shape index (κ2) is 6.18. The minimum atomic E-state index is 0.0650. The van der Waals surface area contributed by atoms with Crippen LogP contribution in [0.2, 0.25) is 0 Å². The highest BCUT2D eigenvalue weighted by Crippen LogP contribution is 2.25. The quantitative estimate of drug-likeness (QED) is 0.742. The largest absolute Gasteiger partial charge is 0.263 e. The van der Waals surface area contributed by atoms with E-state index in [1.807, 2.05) is 24.4 Å². The normalized spacial score (nSPS) is 12.4. The number of rotatable bonds is 4. The molecular formula is C14H13BrClN. The molecule has 88 valence electrons. The summed E-state index contributed by atoms with van der Waals surface area (Å²) in [5, 5.41) is 0.0650. The van der Waals surface area contributed by atoms with Crippen LogP contribution in [0.5, 0.6) is 0 Å². The molecule has 3 heteroatoms. The van der Waals surface area contributed by atoms with E-state index in [1.165, 1.54) is 11.1 Å². The SMILES string of the molecule is ClC(CCc1cncc(Br)c1)c1ccccc1. The fourth-order valence-corrected chi connectivity index (χ4v) is 2.38. The lowest BCUT2D eigenvalue weighted by atomic mass is 10.0. The van der Waals surface area contributed by atoms with E-state index in [1.54, 1.807) is 6.20 Å². The smallest absolute Gasteiger partial charge is 0.0588 e. The first kappa shape index (κ1) is 12.6. The Morgan fingerprint density at radius 1 is 1.18 bits per heavy atom. The first-order valence-electron chi connectivity index (χ1n) is 5.54. The summed E-state index contributed by atoms with van der Waals surface area (Å²) in [6.45, 7) is 0. The average Bonchev–Trinajstić information content (AvgIpc) is 2.37. The summed E-state index contributed by atoms with van der Waals surface area (Å²) in [5.41, 5.74) is 2.39. The third-order valence-electron chi connectivity index (χ3n) is 2.61. The number of benzene rings is 1. The highest BCUT2D eigenvalue weighted by molar-refractivity contribution is 9.10. The molecule has 0 N–H and O–H groups in total. The molecule has 0 aliphatic rings. The Labute approximate surface area is 115 Å². The summed E-state index contributed by atoms with van der Waals surface area (Å²) in [6.07, 6.45) is 5.54. The minimum absolute atomic E-state index is 0.0650. The Hall–Kier alpha value is -0.860. The van der Waals surface area contributed by atoms with Crippen molar-refractivity contribution in [2.24, 2.45) is 0 Å². The summed E-state index contributed by atoms with van der Waals surface area (Å²) in [6, 6.07) is 12.3. The van der Waals surface area contributed by atoms with E-state index in [-0.39, 0.29) is 5.38 Å². The number of nitrogens with zero attached hydrogens (tertiary/aromatic N) is 1. The molecule has 2 aromatic rings. The van der Waals surface area contributed by atoms with Crippen LogP contribution >= 0.6 is 27.5 Å². The molecule has 0 amide bonds. The highest BCUT2D eigenvalue weighted by Gasteiger charge is 2.07. The second-order valence-corrected chi connectivity index (χ2v) is 5.37. The second-order valence-electron chi connectivity index (χ2n) is 3.93. The summed E-state index contributed by atoms with van der Waals surface area (Å²) >= 11 is 9.78. The van der Waals surface area contributed by atoms with Gasteiger partial charge >= 0.3 is 0 Å². The van der Waals surface area contributed by atoms with Gasteiger partial charge in [-0.25, -0.2) is 0 Å². The zero-order valence-electron chi connectivity index (χ0n) is 9.31. The Bertz CT molecular complexity index is 473. The van der Waals surface area contributed by atoms with Gasteiger partial charge in [0.25, 0.3) is 0 Å². The molecule has 1 atom stereocenters. The van der Waals surface area contributed by atoms with Gasteiger partial charge in [0.05, 0.1) is 5.38 Å². The topological polar surface area (TPSA) is 12.9 Å². The van der Waals surface area contributed by atoms with Crippen molar-refractivity contribution in [3.8, 4) is 0 Å². The van der Waals surface area contributed by atoms with Gasteiger partial charge in [-0.3, -0.25) is 4.98 Å². The molecule has 0 radical (unpaired) electrons. The molecule has 0 aliphatic heterocycles. The van der Waals surface area contributed by atoms with Crippen molar-refractivity contribution in [2.45, 2.75) is 18.2 Å². The van der Waals surface area contributed by atoms with Crippen LogP contribution in [0.3, 0.4) is 0 Å². The summed E-state index contributed by atoms with van der Waals surface area (Å²) in [7, 11) is 0. The van der Waals surface area contributed by atoms with Gasteiger partial charge < -0.3 is 0 Å². The van der Waals surface area contributed by atoms with Crippen molar-refractivity contribution in [2.75, 3.05) is 0 Å². The Balaban J connectivity index is 1.95. The maximum absolute atomic E-state index is 6.36. The lowest BCUT2D eigenvalue weighted by Crippen LogP contribution is -1.94. The zero-order chi connectivity index (χ0) is 12.1. The van der Waals surface area contributed by atoms with Gasteiger partial charge in [0.2, 0.25) is 0 Å². The summed E-state index contributed by atoms with van der Waals surface area (Å²) < 4.78 is 1.01. The van der Waals surface area contributed by atoms with Crippen LogP contribution in [-0.2, 0) is 6.42 Å². The predicted octanol–water partition coefficient (Wildman–Crippen LogP) is 4.76. The fourth-order valence-electron chi connectivity index (χ4n) is 1.71. The molecule has 1 heterocycles. The van der Waals surface area contributed by atoms with E-state index >= 15 is 0 Å². The van der Waals surface area contributed by atoms with Crippen molar-refractivity contribution >= 4 is 27.5 Å². The third-order valence-corrected chi connectivity index (χ3v) is 3.51. The van der Waals surface area contributed by atoms with Gasteiger partial charge in [-0.2, -0.15) is 0 Å². The molecule has 0 fully saturated rings. The lowest BCUT2D eigenvalue weighted by molar-refractivity contribution is 0.790. The van der Waals surface area contributed by atoms with E-state index < -0.39 is 0 Å². The van der Waals surface area contributed by atoms with Crippen molar-refractivity contribution in [3.05, 3.63) is 64.4 Å². The molecule has 17 heavy (non-hydrogen) atoms. The highest BCUT2D eigenvalue weighted by atomic mass is 79.9. The monoisotopic (exact) mass is 309 g/mol. The van der Waals surface area contributed by atoms with Crippen molar-refractivity contribution in [3.63, 3.8) is 0 Å². The summed E-state index contributed by atoms with van der Waals surface area (Å²) in [4.78, 5) is 4.14. The van der Waals surface area contributed by atoms with E-state index in [0.29, 0.717) is 0 Å². The summed E-state index contributed by atoms with van der Waals surface area (Å²) in [5.74, 6) is 0. The predicted molar refractivity (Wildman–Crippen MR) is 75.3 cm³/mol. The molecule has 0 saturated carbocycles. The lowest BCUT2D eigenvalue weighted by Gasteiger charge is -2.09. The number of aromatic nitrogens is 1. The number of hydrogen-bond donors (Lipinski definition) is 0. The standard InChI is InChI=1S/C14H13BrClN/c15-13-8-11(9-17-10-13)6-7-14(16)12-4-2-1-3-5-12/h1-5,8-10,14H,6-7H2. The van der Waals surface area contributed by atoms with Crippen molar-refractivity contribution in [1.82, 2.24) is 4.98 Å². The Kier molecular flexibility index (Phi) is 4.57. The van der Waals surface area contributed by atoms with E-state index in [2.05, 4.69) is 39.1 Å². The van der Waals surface area contributed by atoms with Gasteiger partial charge in [-0.05, 0) is 46.0 Å². The van der Waals surface area contributed by atoms with Crippen LogP contribution < -0.4 is 0 Å². The van der Waals surface area contributed by atoms with Crippen LogP contribution in [0.4, 0.5) is 0 Å². The first-order valence-corrected chi connectivity index (χ1v) is 6.77. The third kappa shape index (κ3) is 3.83. The molecule has 1 aromatic carbocycles. The fraction of sp³-hybridized carbons (Fsp3) is 0.214. The van der Waals surface area contributed by atoms with E-state index in [0.717, 1.165) is 17.3 Å². The molecule has 2 rings (SSSR count). The number of pyridine rings is 1. The molecule has 0 bridgehead atoms. The van der Waals surface area contributed by atoms with Gasteiger partial charge in [-0.1, -0.05) is 30.3 Å². The molecule has 1 aromatic heterocycles. The van der Waals surface area contributed by atoms with Gasteiger partial charge in [0.1, 0.15) is 0 Å². The van der Waals surface area contributed by atoms with Crippen molar-refractivity contribution in [1.29, 1.82) is 0 Å². The molecule has 0 spiro atoms. The van der Waals surface area contributed by atoms with Gasteiger partial charge in [0, 0.05) is 16.9 Å². The number of hydrogen-bond acceptors (Lipinski definition) is 1. The van der Waals surface area contributed by atoms with E-state index in [4.69, 9.17) is 11.6 Å². The van der Waals surface area contributed by atoms with E-state index in [9.17, 15) is 0 Å². The van der Waals surface area contributed by atoms with Crippen LogP contribution in [-0.4, -0.2) is 4.98 Å². The van der Waals surface area contributed by atoms with Crippen LogP contribution in [0.15, 0.2) is 53.3 Å². The van der Waals surface area contributed by atoms with Gasteiger partial charge in [0.15, 0.2) is 0 Å². The minimum Gasteiger partial charge on any atom is -0.263 e. The van der Waals surface area contributed by atoms with Crippen molar-refractivity contribution < 1.29 is 0 Å². The maximum atomic E-state index is 6.36. The Morgan fingerprint density at radius 2 is 1.94 bits per heavy atom. The first-order chi connectivity index (χ1) is 8.25. The number of aryl methyl sites for hydroxylation is 1. The van der Waals surface area contributed by atoms with Gasteiger partial charge in [-0.15, -0.1) is 11.6 Å². The van der Waals surface area contributed by atoms with Crippen LogP contribution in [0.25, 0.3) is 0 Å². The molecular weight excluding hydrogens is 298 g/mol. The number of halogens is 2. The number of alkyl halides is 1. The maximum Gasteiger partial charge on any atom is 0.0588 e. The van der Waals surface area contributed by atoms with Crippen LogP contribution in [0, 0.1) is 0 Å². The molecule has 0 saturated heterocycles. The molecule has 1 unspecified atom stereocenters. The molecule has 0 aliphatic carbocycles.